The van der Waals surface area contributed by atoms with Crippen molar-refractivity contribution in [3.8, 4) is 5.75 Å². The van der Waals surface area contributed by atoms with Crippen LogP contribution in [0.4, 0.5) is 17.1 Å². The maximum Gasteiger partial charge on any atom is 0.144 e. The number of ether oxygens (including phenoxy) is 1. The highest BCUT2D eigenvalue weighted by Gasteiger charge is 2.52. The maximum absolute atomic E-state index is 6.54. The topological polar surface area (TPSA) is 59.3 Å². The molecule has 5 heteroatoms. The third-order valence-corrected chi connectivity index (χ3v) is 9.10. The number of benzene rings is 3. The van der Waals surface area contributed by atoms with Crippen LogP contribution in [0.25, 0.3) is 0 Å². The molecule has 3 atom stereocenters. The molecule has 4 N–H and O–H groups in total. The molecule has 3 unspecified atom stereocenters. The zero-order chi connectivity index (χ0) is 23.1. The van der Waals surface area contributed by atoms with Crippen molar-refractivity contribution in [3.63, 3.8) is 0 Å². The third kappa shape index (κ3) is 3.70. The Balaban J connectivity index is 1.47. The van der Waals surface area contributed by atoms with Gasteiger partial charge in [-0.15, -0.1) is 0 Å². The standard InChI is InChI=1S/C29H32BrN3O/c30-27-21-16-20-13-15-32-29(14-7-6-10-22(20)29)23(21)17-26(34-18-19-8-2-1-3-9-19)28(27)33-25-12-5-4-11-24(25)31/h1-5,8-9,11-12,17,20,22,32-33H,6-7,10,13-16,18,31H2. The Labute approximate surface area is 210 Å². The quantitative estimate of drug-likeness (QED) is 0.322. The summed E-state index contributed by atoms with van der Waals surface area (Å²) in [6, 6.07) is 20.6. The molecule has 3 aromatic rings. The van der Waals surface area contributed by atoms with Crippen LogP contribution in [0, 0.1) is 11.8 Å². The lowest BCUT2D eigenvalue weighted by atomic mass is 9.56. The maximum atomic E-state index is 6.54. The van der Waals surface area contributed by atoms with E-state index in [1.807, 2.05) is 30.3 Å². The molecule has 2 bridgehead atoms. The molecule has 176 valence electrons. The average Bonchev–Trinajstić information content (AvgIpc) is 2.87. The highest BCUT2D eigenvalue weighted by molar-refractivity contribution is 9.10. The molecule has 1 heterocycles. The Kier molecular flexibility index (Phi) is 5.78. The summed E-state index contributed by atoms with van der Waals surface area (Å²) in [7, 11) is 0. The zero-order valence-corrected chi connectivity index (χ0v) is 21.0. The van der Waals surface area contributed by atoms with Gasteiger partial charge in [-0.1, -0.05) is 55.3 Å². The second-order valence-corrected chi connectivity index (χ2v) is 10.9. The predicted octanol–water partition coefficient (Wildman–Crippen LogP) is 6.91. The smallest absolute Gasteiger partial charge is 0.144 e. The fourth-order valence-corrected chi connectivity index (χ4v) is 7.32. The summed E-state index contributed by atoms with van der Waals surface area (Å²) < 4.78 is 7.65. The van der Waals surface area contributed by atoms with Crippen LogP contribution in [-0.4, -0.2) is 6.54 Å². The lowest BCUT2D eigenvalue weighted by molar-refractivity contribution is 0.0343. The van der Waals surface area contributed by atoms with Crippen molar-refractivity contribution < 1.29 is 4.74 Å². The van der Waals surface area contributed by atoms with E-state index in [0.29, 0.717) is 6.61 Å². The van der Waals surface area contributed by atoms with Gasteiger partial charge in [0.25, 0.3) is 0 Å². The van der Waals surface area contributed by atoms with E-state index in [9.17, 15) is 0 Å². The molecular weight excluding hydrogens is 486 g/mol. The largest absolute Gasteiger partial charge is 0.487 e. The van der Waals surface area contributed by atoms with Crippen molar-refractivity contribution in [3.05, 3.63) is 81.8 Å². The van der Waals surface area contributed by atoms with Crippen molar-refractivity contribution in [1.82, 2.24) is 5.32 Å². The van der Waals surface area contributed by atoms with Gasteiger partial charge in [0.1, 0.15) is 12.4 Å². The SMILES string of the molecule is Nc1ccccc1Nc1c(OCc2ccccc2)cc2c(c1Br)CC1CCNC23CCCCC13. The molecule has 2 fully saturated rings. The van der Waals surface area contributed by atoms with Crippen LogP contribution in [0.5, 0.6) is 5.75 Å². The lowest BCUT2D eigenvalue weighted by Crippen LogP contribution is -2.59. The van der Waals surface area contributed by atoms with Crippen molar-refractivity contribution in [1.29, 1.82) is 0 Å². The van der Waals surface area contributed by atoms with Crippen molar-refractivity contribution in [2.75, 3.05) is 17.6 Å². The van der Waals surface area contributed by atoms with Gasteiger partial charge in [-0.05, 0) is 94.9 Å². The summed E-state index contributed by atoms with van der Waals surface area (Å²) in [6.45, 7) is 1.64. The number of nitrogen functional groups attached to an aromatic ring is 1. The van der Waals surface area contributed by atoms with Gasteiger partial charge < -0.3 is 21.1 Å². The van der Waals surface area contributed by atoms with Gasteiger partial charge in [-0.2, -0.15) is 0 Å². The van der Waals surface area contributed by atoms with Crippen LogP contribution in [0.3, 0.4) is 0 Å². The zero-order valence-electron chi connectivity index (χ0n) is 19.4. The van der Waals surface area contributed by atoms with Crippen molar-refractivity contribution >= 4 is 33.0 Å². The highest BCUT2D eigenvalue weighted by atomic mass is 79.9. The minimum absolute atomic E-state index is 0.0758. The van der Waals surface area contributed by atoms with Gasteiger partial charge in [0, 0.05) is 10.0 Å². The number of nitrogens with two attached hydrogens (primary N) is 1. The van der Waals surface area contributed by atoms with Crippen molar-refractivity contribution in [2.45, 2.75) is 50.7 Å². The van der Waals surface area contributed by atoms with Gasteiger partial charge in [0.15, 0.2) is 0 Å². The van der Waals surface area contributed by atoms with E-state index in [1.54, 1.807) is 0 Å². The molecule has 2 aliphatic carbocycles. The number of nitrogens with one attached hydrogen (secondary N) is 2. The molecular formula is C29H32BrN3O. The van der Waals surface area contributed by atoms with Crippen LogP contribution in [-0.2, 0) is 18.6 Å². The Morgan fingerprint density at radius 1 is 1.06 bits per heavy atom. The molecule has 4 nitrogen and oxygen atoms in total. The number of hydrogen-bond donors (Lipinski definition) is 3. The molecule has 1 saturated heterocycles. The van der Waals surface area contributed by atoms with Crippen molar-refractivity contribution in [2.24, 2.45) is 11.8 Å². The molecule has 0 radical (unpaired) electrons. The van der Waals surface area contributed by atoms with E-state index in [0.717, 1.165) is 57.6 Å². The number of fused-ring (bicyclic) bond motifs is 1. The molecule has 3 aliphatic rings. The molecule has 0 aromatic heterocycles. The normalized spacial score (nSPS) is 25.2. The lowest BCUT2D eigenvalue weighted by Gasteiger charge is -2.56. The molecule has 6 rings (SSSR count). The first-order chi connectivity index (χ1) is 16.7. The average molecular weight is 518 g/mol. The number of piperidine rings is 1. The Bertz CT molecular complexity index is 1190. The van der Waals surface area contributed by atoms with E-state index in [1.165, 1.54) is 43.2 Å². The van der Waals surface area contributed by atoms with Crippen LogP contribution < -0.4 is 21.1 Å². The van der Waals surface area contributed by atoms with Crippen LogP contribution in [0.1, 0.15) is 48.8 Å². The van der Waals surface area contributed by atoms with Gasteiger partial charge in [-0.3, -0.25) is 0 Å². The summed E-state index contributed by atoms with van der Waals surface area (Å²) in [5.74, 6) is 2.35. The van der Waals surface area contributed by atoms with E-state index >= 15 is 0 Å². The summed E-state index contributed by atoms with van der Waals surface area (Å²) in [5, 5.41) is 7.63. The Morgan fingerprint density at radius 2 is 1.88 bits per heavy atom. The first-order valence-electron chi connectivity index (χ1n) is 12.5. The third-order valence-electron chi connectivity index (χ3n) is 8.23. The second-order valence-electron chi connectivity index (χ2n) is 10.1. The minimum Gasteiger partial charge on any atom is -0.487 e. The first kappa shape index (κ1) is 22.0. The summed E-state index contributed by atoms with van der Waals surface area (Å²) in [4.78, 5) is 0. The summed E-state index contributed by atoms with van der Waals surface area (Å²) in [5.41, 5.74) is 13.0. The van der Waals surface area contributed by atoms with E-state index in [4.69, 9.17) is 10.5 Å². The number of rotatable bonds is 5. The van der Waals surface area contributed by atoms with Gasteiger partial charge in [0.05, 0.1) is 17.1 Å². The minimum atomic E-state index is 0.0758. The fraction of sp³-hybridized carbons (Fsp3) is 0.379. The summed E-state index contributed by atoms with van der Waals surface area (Å²) in [6.07, 6.45) is 7.57. The Morgan fingerprint density at radius 3 is 2.74 bits per heavy atom. The van der Waals surface area contributed by atoms with E-state index in [-0.39, 0.29) is 5.54 Å². The fourth-order valence-electron chi connectivity index (χ4n) is 6.65. The number of para-hydroxylation sites is 2. The highest BCUT2D eigenvalue weighted by Crippen LogP contribution is 2.57. The van der Waals surface area contributed by atoms with E-state index < -0.39 is 0 Å². The van der Waals surface area contributed by atoms with Gasteiger partial charge >= 0.3 is 0 Å². The second kappa shape index (κ2) is 8.94. The Hall–Kier alpha value is -2.50. The van der Waals surface area contributed by atoms with Crippen LogP contribution in [0.2, 0.25) is 0 Å². The predicted molar refractivity (Wildman–Crippen MR) is 143 cm³/mol. The molecule has 1 saturated carbocycles. The molecule has 3 aromatic carbocycles. The van der Waals surface area contributed by atoms with Gasteiger partial charge in [0.2, 0.25) is 0 Å². The molecule has 34 heavy (non-hydrogen) atoms. The molecule has 0 spiro atoms. The molecule has 1 aliphatic heterocycles. The number of anilines is 3. The van der Waals surface area contributed by atoms with Crippen LogP contribution >= 0.6 is 15.9 Å². The number of hydrogen-bond acceptors (Lipinski definition) is 4. The first-order valence-corrected chi connectivity index (χ1v) is 13.3. The number of halogens is 1. The molecule has 0 amide bonds. The summed E-state index contributed by atoms with van der Waals surface area (Å²) >= 11 is 4.04. The van der Waals surface area contributed by atoms with Gasteiger partial charge in [-0.25, -0.2) is 0 Å². The van der Waals surface area contributed by atoms with E-state index in [2.05, 4.69) is 56.9 Å². The van der Waals surface area contributed by atoms with Crippen LogP contribution in [0.15, 0.2) is 65.1 Å². The monoisotopic (exact) mass is 517 g/mol.